The van der Waals surface area contributed by atoms with E-state index in [0.29, 0.717) is 6.04 Å². The molecule has 3 N–H and O–H groups in total. The molecule has 34 heavy (non-hydrogen) atoms. The Morgan fingerprint density at radius 3 is 2.44 bits per heavy atom. The Balaban J connectivity index is 0.00000324. The molecule has 0 amide bonds. The van der Waals surface area contributed by atoms with Crippen molar-refractivity contribution in [2.75, 3.05) is 44.8 Å². The first kappa shape index (κ1) is 26.8. The van der Waals surface area contributed by atoms with E-state index in [9.17, 15) is 0 Å². The Bertz CT molecular complexity index is 873. The summed E-state index contributed by atoms with van der Waals surface area (Å²) < 4.78 is 5.70. The summed E-state index contributed by atoms with van der Waals surface area (Å²) in [6.45, 7) is 6.75. The van der Waals surface area contributed by atoms with Gasteiger partial charge in [0.25, 0.3) is 0 Å². The van der Waals surface area contributed by atoms with Gasteiger partial charge in [0.2, 0.25) is 0 Å². The van der Waals surface area contributed by atoms with Gasteiger partial charge in [0.05, 0.1) is 0 Å². The smallest absolute Gasteiger partial charge is 0.191 e. The van der Waals surface area contributed by atoms with Crippen LogP contribution in [0.5, 0.6) is 0 Å². The third-order valence-electron chi connectivity index (χ3n) is 6.97. The largest absolute Gasteiger partial charge is 0.381 e. The third kappa shape index (κ3) is 7.33. The molecule has 0 saturated carbocycles. The maximum atomic E-state index is 5.70. The molecule has 0 radical (unpaired) electrons. The van der Waals surface area contributed by atoms with Crippen LogP contribution in [-0.2, 0) is 4.74 Å². The van der Waals surface area contributed by atoms with Gasteiger partial charge in [-0.3, -0.25) is 4.99 Å². The van der Waals surface area contributed by atoms with E-state index in [1.54, 1.807) is 0 Å². The van der Waals surface area contributed by atoms with Crippen molar-refractivity contribution in [3.8, 4) is 0 Å². The van der Waals surface area contributed by atoms with Crippen molar-refractivity contribution in [2.45, 2.75) is 50.2 Å². The fraction of sp³-hybridized carbons (Fsp3) is 0.519. The minimum atomic E-state index is -0.0201. The van der Waals surface area contributed by atoms with Crippen LogP contribution in [0.1, 0.15) is 44.2 Å². The second kappa shape index (κ2) is 13.3. The van der Waals surface area contributed by atoms with Gasteiger partial charge in [-0.15, -0.1) is 24.0 Å². The van der Waals surface area contributed by atoms with Crippen LogP contribution in [0.4, 0.5) is 5.69 Å². The van der Waals surface area contributed by atoms with Crippen LogP contribution >= 0.6 is 24.0 Å². The van der Waals surface area contributed by atoms with Crippen molar-refractivity contribution in [3.63, 3.8) is 0 Å². The van der Waals surface area contributed by atoms with Crippen LogP contribution in [0, 0.1) is 0 Å². The summed E-state index contributed by atoms with van der Waals surface area (Å²) in [5.74, 6) is 0.884. The van der Waals surface area contributed by atoms with Gasteiger partial charge in [-0.2, -0.15) is 0 Å². The summed E-state index contributed by atoms with van der Waals surface area (Å²) in [4.78, 5) is 7.02. The van der Waals surface area contributed by atoms with Gasteiger partial charge in [0, 0.05) is 63.2 Å². The lowest BCUT2D eigenvalue weighted by Crippen LogP contribution is -2.59. The molecule has 2 heterocycles. The zero-order valence-corrected chi connectivity index (χ0v) is 22.8. The van der Waals surface area contributed by atoms with Crippen LogP contribution in [0.25, 0.3) is 0 Å². The van der Waals surface area contributed by atoms with Crippen LogP contribution in [0.3, 0.4) is 0 Å². The molecule has 2 aromatic carbocycles. The number of anilines is 1. The molecular formula is C27H40IN5O. The van der Waals surface area contributed by atoms with Crippen molar-refractivity contribution in [1.82, 2.24) is 16.0 Å². The molecule has 0 aromatic heterocycles. The van der Waals surface area contributed by atoms with Gasteiger partial charge >= 0.3 is 0 Å². The highest BCUT2D eigenvalue weighted by molar-refractivity contribution is 14.0. The number of benzene rings is 2. The summed E-state index contributed by atoms with van der Waals surface area (Å²) in [6, 6.07) is 22.0. The van der Waals surface area contributed by atoms with Gasteiger partial charge in [0.15, 0.2) is 5.96 Å². The first-order valence-electron chi connectivity index (χ1n) is 12.3. The maximum Gasteiger partial charge on any atom is 0.191 e. The Labute approximate surface area is 222 Å². The number of hydrogen-bond donors (Lipinski definition) is 3. The van der Waals surface area contributed by atoms with Gasteiger partial charge in [0.1, 0.15) is 0 Å². The summed E-state index contributed by atoms with van der Waals surface area (Å²) in [5.41, 5.74) is 2.59. The van der Waals surface area contributed by atoms with E-state index < -0.39 is 0 Å². The second-order valence-corrected chi connectivity index (χ2v) is 9.36. The number of halogens is 1. The van der Waals surface area contributed by atoms with Crippen molar-refractivity contribution in [2.24, 2.45) is 4.99 Å². The van der Waals surface area contributed by atoms with Crippen LogP contribution in [0.15, 0.2) is 65.7 Å². The molecular weight excluding hydrogens is 537 g/mol. The van der Waals surface area contributed by atoms with Crippen LogP contribution in [-0.4, -0.2) is 57.4 Å². The summed E-state index contributed by atoms with van der Waals surface area (Å²) in [5, 5.41) is 11.3. The number of para-hydroxylation sites is 1. The average Bonchev–Trinajstić information content (AvgIpc) is 2.88. The Morgan fingerprint density at radius 2 is 1.76 bits per heavy atom. The van der Waals surface area contributed by atoms with Gasteiger partial charge in [-0.05, 0) is 50.3 Å². The topological polar surface area (TPSA) is 60.9 Å². The monoisotopic (exact) mass is 577 g/mol. The van der Waals surface area contributed by atoms with Gasteiger partial charge in [-0.25, -0.2) is 0 Å². The number of ether oxygens (including phenoxy) is 1. The summed E-state index contributed by atoms with van der Waals surface area (Å²) in [6.07, 6.45) is 4.31. The van der Waals surface area contributed by atoms with Crippen molar-refractivity contribution in [1.29, 1.82) is 0 Å². The molecule has 0 bridgehead atoms. The Hall–Kier alpha value is -1.84. The maximum absolute atomic E-state index is 5.70. The molecule has 0 aliphatic carbocycles. The molecule has 186 valence electrons. The summed E-state index contributed by atoms with van der Waals surface area (Å²) in [7, 11) is 1.86. The number of hydrogen-bond acceptors (Lipinski definition) is 4. The number of rotatable bonds is 7. The van der Waals surface area contributed by atoms with Crippen molar-refractivity contribution >= 4 is 35.6 Å². The van der Waals surface area contributed by atoms with E-state index in [2.05, 4.69) is 93.4 Å². The van der Waals surface area contributed by atoms with Crippen LogP contribution < -0.4 is 20.9 Å². The fourth-order valence-corrected chi connectivity index (χ4v) is 5.03. The van der Waals surface area contributed by atoms with Gasteiger partial charge in [-0.1, -0.05) is 48.5 Å². The Morgan fingerprint density at radius 1 is 1.09 bits per heavy atom. The predicted molar refractivity (Wildman–Crippen MR) is 152 cm³/mol. The number of nitrogens with one attached hydrogen (secondary N) is 3. The molecule has 7 heteroatoms. The highest BCUT2D eigenvalue weighted by Crippen LogP contribution is 2.25. The third-order valence-corrected chi connectivity index (χ3v) is 6.97. The first-order chi connectivity index (χ1) is 16.2. The normalized spacial score (nSPS) is 21.3. The molecule has 2 fully saturated rings. The van der Waals surface area contributed by atoms with E-state index in [1.165, 1.54) is 17.7 Å². The predicted octanol–water partition coefficient (Wildman–Crippen LogP) is 4.34. The molecule has 6 nitrogen and oxygen atoms in total. The number of guanidine groups is 1. The van der Waals surface area contributed by atoms with E-state index in [4.69, 9.17) is 4.74 Å². The quantitative estimate of drug-likeness (QED) is 0.260. The molecule has 4 rings (SSSR count). The standard InChI is InChI=1S/C27H39N5O.HI/c1-22(23-10-5-3-6-11-23)31-27(15-18-33-19-16-27)21-29-26(28-2)30-24-12-9-17-32(20-24)25-13-7-4-8-14-25;/h3-8,10-11,13-14,22,24,31H,9,12,15-21H2,1-2H3,(H2,28,29,30);1H. The zero-order valence-electron chi connectivity index (χ0n) is 20.5. The van der Waals surface area contributed by atoms with E-state index in [0.717, 1.165) is 58.1 Å². The van der Waals surface area contributed by atoms with Crippen molar-refractivity contribution in [3.05, 3.63) is 66.2 Å². The average molecular weight is 578 g/mol. The number of aliphatic imine (C=N–C) groups is 1. The lowest BCUT2D eigenvalue weighted by molar-refractivity contribution is 0.0354. The van der Waals surface area contributed by atoms with Crippen molar-refractivity contribution < 1.29 is 4.74 Å². The molecule has 2 aliphatic rings. The SMILES string of the molecule is CN=C(NCC1(NC(C)c2ccccc2)CCOCC1)NC1CCCN(c2ccccc2)C1.I. The zero-order chi connectivity index (χ0) is 22.9. The van der Waals surface area contributed by atoms with Crippen LogP contribution in [0.2, 0.25) is 0 Å². The second-order valence-electron chi connectivity index (χ2n) is 9.36. The first-order valence-corrected chi connectivity index (χ1v) is 12.3. The minimum Gasteiger partial charge on any atom is -0.381 e. The minimum absolute atomic E-state index is 0. The fourth-order valence-electron chi connectivity index (χ4n) is 5.03. The molecule has 2 saturated heterocycles. The number of nitrogens with zero attached hydrogens (tertiary/aromatic N) is 2. The highest BCUT2D eigenvalue weighted by Gasteiger charge is 2.34. The van der Waals surface area contributed by atoms with E-state index >= 15 is 0 Å². The highest BCUT2D eigenvalue weighted by atomic mass is 127. The molecule has 2 aromatic rings. The van der Waals surface area contributed by atoms with Gasteiger partial charge < -0.3 is 25.6 Å². The lowest BCUT2D eigenvalue weighted by atomic mass is 9.88. The molecule has 2 aliphatic heterocycles. The Kier molecular flexibility index (Phi) is 10.5. The molecule has 2 atom stereocenters. The lowest BCUT2D eigenvalue weighted by Gasteiger charge is -2.41. The number of piperidine rings is 1. The molecule has 0 spiro atoms. The van der Waals surface area contributed by atoms with E-state index in [1.807, 2.05) is 7.05 Å². The molecule has 2 unspecified atom stereocenters. The summed E-state index contributed by atoms with van der Waals surface area (Å²) >= 11 is 0. The van der Waals surface area contributed by atoms with E-state index in [-0.39, 0.29) is 35.6 Å².